The molecule has 0 saturated heterocycles. The first-order valence-corrected chi connectivity index (χ1v) is 4.21. The normalized spacial score (nSPS) is 10.3. The van der Waals surface area contributed by atoms with Crippen molar-refractivity contribution >= 4 is 0 Å². The molecule has 0 N–H and O–H groups in total. The second kappa shape index (κ2) is 3.01. The molecule has 2 aromatic rings. The zero-order valence-corrected chi connectivity index (χ0v) is 7.73. The van der Waals surface area contributed by atoms with Gasteiger partial charge in [-0.2, -0.15) is 0 Å². The van der Waals surface area contributed by atoms with E-state index in [0.29, 0.717) is 0 Å². The van der Waals surface area contributed by atoms with Crippen LogP contribution < -0.4 is 0 Å². The largest absolute Gasteiger partial charge is 0.221 e. The molecule has 1 aromatic heterocycles. The molecule has 0 bridgehead atoms. The number of rotatable bonds is 1. The van der Waals surface area contributed by atoms with Crippen LogP contribution in [0.2, 0.25) is 0 Å². The highest BCUT2D eigenvalue weighted by atomic mass is 15.4. The summed E-state index contributed by atoms with van der Waals surface area (Å²) in [7, 11) is 0. The number of nitrogens with zero attached hydrogens (tertiary/aromatic N) is 3. The number of hydrogen-bond acceptors (Lipinski definition) is 2. The Bertz CT molecular complexity index is 404. The predicted molar refractivity (Wildman–Crippen MR) is 50.8 cm³/mol. The lowest BCUT2D eigenvalue weighted by atomic mass is 10.1. The van der Waals surface area contributed by atoms with Crippen LogP contribution in [-0.4, -0.2) is 15.0 Å². The van der Waals surface area contributed by atoms with E-state index >= 15 is 0 Å². The van der Waals surface area contributed by atoms with Gasteiger partial charge < -0.3 is 0 Å². The van der Waals surface area contributed by atoms with Gasteiger partial charge in [0.25, 0.3) is 0 Å². The third-order valence-corrected chi connectivity index (χ3v) is 2.18. The molecule has 0 aliphatic rings. The van der Waals surface area contributed by atoms with Crippen LogP contribution in [0.15, 0.2) is 30.6 Å². The zero-order valence-electron chi connectivity index (χ0n) is 7.73. The molecular formula is C10H11N3. The van der Waals surface area contributed by atoms with Gasteiger partial charge in [-0.25, -0.2) is 4.68 Å². The van der Waals surface area contributed by atoms with Gasteiger partial charge in [-0.15, -0.1) is 5.10 Å². The molecule has 66 valence electrons. The number of aromatic nitrogens is 3. The van der Waals surface area contributed by atoms with Gasteiger partial charge in [-0.1, -0.05) is 11.3 Å². The third kappa shape index (κ3) is 1.45. The van der Waals surface area contributed by atoms with Crippen molar-refractivity contribution in [2.75, 3.05) is 0 Å². The number of aryl methyl sites for hydroxylation is 2. The van der Waals surface area contributed by atoms with Crippen molar-refractivity contribution in [3.8, 4) is 5.69 Å². The molecule has 0 aliphatic carbocycles. The van der Waals surface area contributed by atoms with Crippen LogP contribution in [0.3, 0.4) is 0 Å². The summed E-state index contributed by atoms with van der Waals surface area (Å²) in [5.74, 6) is 0. The van der Waals surface area contributed by atoms with E-state index in [-0.39, 0.29) is 0 Å². The van der Waals surface area contributed by atoms with Crippen LogP contribution in [0.5, 0.6) is 0 Å². The van der Waals surface area contributed by atoms with Crippen molar-refractivity contribution in [2.24, 2.45) is 0 Å². The topological polar surface area (TPSA) is 30.7 Å². The quantitative estimate of drug-likeness (QED) is 0.659. The lowest BCUT2D eigenvalue weighted by Gasteiger charge is -2.03. The summed E-state index contributed by atoms with van der Waals surface area (Å²) in [5.41, 5.74) is 3.62. The maximum absolute atomic E-state index is 3.92. The second-order valence-electron chi connectivity index (χ2n) is 3.12. The maximum Gasteiger partial charge on any atom is 0.0697 e. The molecule has 0 amide bonds. The minimum Gasteiger partial charge on any atom is -0.221 e. The van der Waals surface area contributed by atoms with Crippen LogP contribution >= 0.6 is 0 Å². The van der Waals surface area contributed by atoms with Crippen molar-refractivity contribution < 1.29 is 0 Å². The molecule has 13 heavy (non-hydrogen) atoms. The Morgan fingerprint density at radius 3 is 2.62 bits per heavy atom. The summed E-state index contributed by atoms with van der Waals surface area (Å²) in [6, 6.07) is 6.23. The molecule has 0 fully saturated rings. The minimum atomic E-state index is 1.06. The Kier molecular flexibility index (Phi) is 1.85. The zero-order chi connectivity index (χ0) is 9.26. The van der Waals surface area contributed by atoms with Gasteiger partial charge >= 0.3 is 0 Å². The van der Waals surface area contributed by atoms with E-state index in [1.807, 2.05) is 12.3 Å². The van der Waals surface area contributed by atoms with Crippen molar-refractivity contribution in [3.63, 3.8) is 0 Å². The highest BCUT2D eigenvalue weighted by molar-refractivity contribution is 5.38. The van der Waals surface area contributed by atoms with E-state index in [1.165, 1.54) is 11.1 Å². The lowest BCUT2D eigenvalue weighted by molar-refractivity contribution is 0.802. The highest BCUT2D eigenvalue weighted by Crippen LogP contribution is 2.12. The lowest BCUT2D eigenvalue weighted by Crippen LogP contribution is -1.95. The molecular weight excluding hydrogens is 162 g/mol. The average molecular weight is 173 g/mol. The predicted octanol–water partition coefficient (Wildman–Crippen LogP) is 1.88. The smallest absolute Gasteiger partial charge is 0.0697 e. The van der Waals surface area contributed by atoms with Crippen molar-refractivity contribution in [2.45, 2.75) is 13.8 Å². The monoisotopic (exact) mass is 173 g/mol. The Morgan fingerprint density at radius 1 is 1.15 bits per heavy atom. The van der Waals surface area contributed by atoms with Crippen LogP contribution in [-0.2, 0) is 0 Å². The molecule has 3 nitrogen and oxygen atoms in total. The molecule has 1 heterocycles. The van der Waals surface area contributed by atoms with E-state index in [9.17, 15) is 0 Å². The average Bonchev–Trinajstić information content (AvgIpc) is 2.62. The number of hydrogen-bond donors (Lipinski definition) is 0. The maximum atomic E-state index is 3.92. The van der Waals surface area contributed by atoms with Crippen LogP contribution in [0.4, 0.5) is 0 Å². The fourth-order valence-corrected chi connectivity index (χ4v) is 1.21. The first-order valence-electron chi connectivity index (χ1n) is 4.21. The van der Waals surface area contributed by atoms with Crippen molar-refractivity contribution in [1.29, 1.82) is 0 Å². The third-order valence-electron chi connectivity index (χ3n) is 2.18. The van der Waals surface area contributed by atoms with E-state index in [2.05, 4.69) is 36.3 Å². The fourth-order valence-electron chi connectivity index (χ4n) is 1.21. The summed E-state index contributed by atoms with van der Waals surface area (Å²) in [5, 5.41) is 7.69. The molecule has 0 radical (unpaired) electrons. The first-order chi connectivity index (χ1) is 6.27. The molecule has 0 spiro atoms. The minimum absolute atomic E-state index is 1.06. The molecule has 0 saturated carbocycles. The van der Waals surface area contributed by atoms with Crippen molar-refractivity contribution in [3.05, 3.63) is 41.7 Å². The van der Waals surface area contributed by atoms with Gasteiger partial charge in [0.1, 0.15) is 0 Å². The summed E-state index contributed by atoms with van der Waals surface area (Å²) in [6.45, 7) is 4.19. The van der Waals surface area contributed by atoms with E-state index in [0.717, 1.165) is 5.69 Å². The Labute approximate surface area is 77.0 Å². The Hall–Kier alpha value is -1.64. The fraction of sp³-hybridized carbons (Fsp3) is 0.200. The van der Waals surface area contributed by atoms with E-state index < -0.39 is 0 Å². The van der Waals surface area contributed by atoms with E-state index in [4.69, 9.17) is 0 Å². The van der Waals surface area contributed by atoms with Gasteiger partial charge in [0.05, 0.1) is 18.1 Å². The summed E-state index contributed by atoms with van der Waals surface area (Å²) >= 11 is 0. The molecule has 0 aliphatic heterocycles. The SMILES string of the molecule is Cc1ccc(-n2ccnn2)cc1C. The molecule has 1 aromatic carbocycles. The molecule has 0 unspecified atom stereocenters. The van der Waals surface area contributed by atoms with Crippen LogP contribution in [0.1, 0.15) is 11.1 Å². The first kappa shape index (κ1) is 7.98. The van der Waals surface area contributed by atoms with Gasteiger partial charge in [-0.3, -0.25) is 0 Å². The van der Waals surface area contributed by atoms with Gasteiger partial charge in [0.15, 0.2) is 0 Å². The molecule has 3 heteroatoms. The standard InChI is InChI=1S/C10H11N3/c1-8-3-4-10(7-9(8)2)13-6-5-11-12-13/h3-7H,1-2H3. The summed E-state index contributed by atoms with van der Waals surface area (Å²) in [6.07, 6.45) is 3.51. The van der Waals surface area contributed by atoms with Gasteiger partial charge in [0, 0.05) is 0 Å². The van der Waals surface area contributed by atoms with Gasteiger partial charge in [0.2, 0.25) is 0 Å². The number of benzene rings is 1. The Morgan fingerprint density at radius 2 is 2.00 bits per heavy atom. The Balaban J connectivity index is 2.49. The molecule has 2 rings (SSSR count). The molecule has 0 atom stereocenters. The summed E-state index contributed by atoms with van der Waals surface area (Å²) < 4.78 is 1.76. The highest BCUT2D eigenvalue weighted by Gasteiger charge is 1.98. The second-order valence-corrected chi connectivity index (χ2v) is 3.12. The van der Waals surface area contributed by atoms with Crippen molar-refractivity contribution in [1.82, 2.24) is 15.0 Å². The van der Waals surface area contributed by atoms with Gasteiger partial charge in [-0.05, 0) is 37.1 Å². The summed E-state index contributed by atoms with van der Waals surface area (Å²) in [4.78, 5) is 0. The van der Waals surface area contributed by atoms with Crippen LogP contribution in [0, 0.1) is 13.8 Å². The van der Waals surface area contributed by atoms with E-state index in [1.54, 1.807) is 10.9 Å². The van der Waals surface area contributed by atoms with Crippen LogP contribution in [0.25, 0.3) is 5.69 Å².